The van der Waals surface area contributed by atoms with Gasteiger partial charge < -0.3 is 16.6 Å². The number of carbonyl (C=O) groups is 3. The van der Waals surface area contributed by atoms with Crippen LogP contribution in [0.5, 0.6) is 0 Å². The van der Waals surface area contributed by atoms with E-state index in [0.717, 1.165) is 16.5 Å². The lowest BCUT2D eigenvalue weighted by molar-refractivity contribution is -0.131. The molecular weight excluding hydrogens is 282 g/mol. The number of rotatable bonds is 8. The number of hydrogen-bond donors (Lipinski definition) is 3. The zero-order valence-electron chi connectivity index (χ0n) is 10.6. The standard InChI is InChI=1S/C12H15N3O4S/c13-10(16)6-15(7-11(14)17)5-9-8(3-4-20-9)1-2-12(18)19/h1-4H,5-7H2,(H2,13,16)(H2,14,17)(H,18,19). The average Bonchev–Trinajstić information content (AvgIpc) is 2.71. The number of carboxylic acids is 1. The van der Waals surface area contributed by atoms with E-state index in [1.807, 2.05) is 0 Å². The predicted octanol–water partition coefficient (Wildman–Crippen LogP) is -0.382. The monoisotopic (exact) mass is 297 g/mol. The number of carbonyl (C=O) groups excluding carboxylic acids is 2. The van der Waals surface area contributed by atoms with Gasteiger partial charge in [0.15, 0.2) is 0 Å². The van der Waals surface area contributed by atoms with Crippen molar-refractivity contribution in [3.8, 4) is 0 Å². The highest BCUT2D eigenvalue weighted by molar-refractivity contribution is 7.10. The quantitative estimate of drug-likeness (QED) is 0.564. The Morgan fingerprint density at radius 2 is 1.85 bits per heavy atom. The average molecular weight is 297 g/mol. The summed E-state index contributed by atoms with van der Waals surface area (Å²) in [6, 6.07) is 1.76. The Bertz CT molecular complexity index is 523. The second kappa shape index (κ2) is 7.41. The molecule has 1 aromatic rings. The fourth-order valence-corrected chi connectivity index (χ4v) is 2.51. The van der Waals surface area contributed by atoms with Crippen LogP contribution in [0.25, 0.3) is 6.08 Å². The topological polar surface area (TPSA) is 127 Å². The second-order valence-corrected chi connectivity index (χ2v) is 5.05. The summed E-state index contributed by atoms with van der Waals surface area (Å²) in [7, 11) is 0. The van der Waals surface area contributed by atoms with Crippen LogP contribution < -0.4 is 11.5 Å². The molecule has 0 aliphatic rings. The van der Waals surface area contributed by atoms with E-state index in [2.05, 4.69) is 0 Å². The molecule has 0 unspecified atom stereocenters. The number of amides is 2. The molecule has 0 atom stereocenters. The minimum Gasteiger partial charge on any atom is -0.478 e. The van der Waals surface area contributed by atoms with E-state index in [1.165, 1.54) is 22.3 Å². The molecule has 1 rings (SSSR count). The number of hydrogen-bond acceptors (Lipinski definition) is 5. The van der Waals surface area contributed by atoms with E-state index < -0.39 is 17.8 Å². The molecule has 108 valence electrons. The molecule has 1 heterocycles. The van der Waals surface area contributed by atoms with Crippen molar-refractivity contribution in [2.45, 2.75) is 6.54 Å². The van der Waals surface area contributed by atoms with Crippen molar-refractivity contribution in [3.63, 3.8) is 0 Å². The van der Waals surface area contributed by atoms with Crippen LogP contribution in [0.4, 0.5) is 0 Å². The Kier molecular flexibility index (Phi) is 5.88. The normalized spacial score (nSPS) is 11.1. The van der Waals surface area contributed by atoms with E-state index in [4.69, 9.17) is 16.6 Å². The number of carboxylic acid groups (broad SMARTS) is 1. The highest BCUT2D eigenvalue weighted by Crippen LogP contribution is 2.20. The van der Waals surface area contributed by atoms with Gasteiger partial charge in [0.05, 0.1) is 13.1 Å². The number of nitrogens with two attached hydrogens (primary N) is 2. The molecule has 7 nitrogen and oxygen atoms in total. The minimum atomic E-state index is -1.05. The van der Waals surface area contributed by atoms with Gasteiger partial charge in [0, 0.05) is 17.5 Å². The summed E-state index contributed by atoms with van der Waals surface area (Å²) < 4.78 is 0. The summed E-state index contributed by atoms with van der Waals surface area (Å²) in [5.74, 6) is -2.18. The lowest BCUT2D eigenvalue weighted by Crippen LogP contribution is -2.39. The Morgan fingerprint density at radius 1 is 1.25 bits per heavy atom. The fourth-order valence-electron chi connectivity index (χ4n) is 1.60. The maximum Gasteiger partial charge on any atom is 0.328 e. The molecule has 0 spiro atoms. The second-order valence-electron chi connectivity index (χ2n) is 4.05. The van der Waals surface area contributed by atoms with Crippen LogP contribution in [-0.4, -0.2) is 40.9 Å². The first kappa shape index (κ1) is 15.9. The van der Waals surface area contributed by atoms with Crippen LogP contribution in [0.1, 0.15) is 10.4 Å². The van der Waals surface area contributed by atoms with Gasteiger partial charge in [-0.05, 0) is 23.1 Å². The van der Waals surface area contributed by atoms with Crippen molar-refractivity contribution in [3.05, 3.63) is 28.0 Å². The third-order valence-corrected chi connectivity index (χ3v) is 3.23. The summed E-state index contributed by atoms with van der Waals surface area (Å²) in [5.41, 5.74) is 10.9. The van der Waals surface area contributed by atoms with Crippen LogP contribution in [0.2, 0.25) is 0 Å². The number of nitrogens with zero attached hydrogens (tertiary/aromatic N) is 1. The van der Waals surface area contributed by atoms with Crippen molar-refractivity contribution in [2.75, 3.05) is 13.1 Å². The maximum atomic E-state index is 11.0. The zero-order valence-corrected chi connectivity index (χ0v) is 11.4. The first-order valence-corrected chi connectivity index (χ1v) is 6.52. The van der Waals surface area contributed by atoms with Crippen LogP contribution >= 0.6 is 11.3 Å². The summed E-state index contributed by atoms with van der Waals surface area (Å²) in [6.45, 7) is 0.106. The first-order valence-electron chi connectivity index (χ1n) is 5.65. The molecule has 0 aliphatic heterocycles. The van der Waals surface area contributed by atoms with Gasteiger partial charge in [-0.15, -0.1) is 11.3 Å². The van der Waals surface area contributed by atoms with Gasteiger partial charge in [0.1, 0.15) is 0 Å². The van der Waals surface area contributed by atoms with Gasteiger partial charge in [0.25, 0.3) is 0 Å². The third-order valence-electron chi connectivity index (χ3n) is 2.31. The Morgan fingerprint density at radius 3 is 2.35 bits per heavy atom. The van der Waals surface area contributed by atoms with Crippen LogP contribution in [0.3, 0.4) is 0 Å². The van der Waals surface area contributed by atoms with Crippen LogP contribution in [0, 0.1) is 0 Å². The lowest BCUT2D eigenvalue weighted by atomic mass is 10.2. The summed E-state index contributed by atoms with van der Waals surface area (Å²) in [4.78, 5) is 34.8. The molecule has 8 heteroatoms. The van der Waals surface area contributed by atoms with Crippen LogP contribution in [-0.2, 0) is 20.9 Å². The van der Waals surface area contributed by atoms with E-state index in [9.17, 15) is 14.4 Å². The van der Waals surface area contributed by atoms with Gasteiger partial charge in [-0.25, -0.2) is 4.79 Å². The van der Waals surface area contributed by atoms with Crippen molar-refractivity contribution < 1.29 is 19.5 Å². The Balaban J connectivity index is 2.82. The first-order chi connectivity index (χ1) is 9.38. The molecule has 1 aromatic heterocycles. The van der Waals surface area contributed by atoms with Crippen molar-refractivity contribution >= 4 is 35.2 Å². The Labute approximate surface area is 119 Å². The SMILES string of the molecule is NC(=O)CN(CC(N)=O)Cc1sccc1C=CC(=O)O. The number of thiophene rings is 1. The zero-order chi connectivity index (χ0) is 15.1. The smallest absolute Gasteiger partial charge is 0.328 e. The highest BCUT2D eigenvalue weighted by Gasteiger charge is 2.14. The molecule has 0 saturated carbocycles. The van der Waals surface area contributed by atoms with Crippen LogP contribution in [0.15, 0.2) is 17.5 Å². The Hall–Kier alpha value is -2.19. The van der Waals surface area contributed by atoms with Gasteiger partial charge in [-0.2, -0.15) is 0 Å². The molecule has 2 amide bonds. The molecule has 5 N–H and O–H groups in total. The molecule has 0 aromatic carbocycles. The van der Waals surface area contributed by atoms with Gasteiger partial charge >= 0.3 is 5.97 Å². The van der Waals surface area contributed by atoms with Gasteiger partial charge in [0.2, 0.25) is 11.8 Å². The number of primary amides is 2. The van der Waals surface area contributed by atoms with E-state index in [0.29, 0.717) is 6.54 Å². The molecular formula is C12H15N3O4S. The largest absolute Gasteiger partial charge is 0.478 e. The van der Waals surface area contributed by atoms with E-state index in [-0.39, 0.29) is 13.1 Å². The third kappa shape index (κ3) is 5.63. The molecule has 0 fully saturated rings. The van der Waals surface area contributed by atoms with E-state index >= 15 is 0 Å². The molecule has 20 heavy (non-hydrogen) atoms. The van der Waals surface area contributed by atoms with Crippen molar-refractivity contribution in [1.82, 2.24) is 4.90 Å². The number of aliphatic carboxylic acids is 1. The minimum absolute atomic E-state index is 0.0943. The van der Waals surface area contributed by atoms with Crippen molar-refractivity contribution in [1.29, 1.82) is 0 Å². The summed E-state index contributed by atoms with van der Waals surface area (Å²) >= 11 is 1.39. The molecule has 0 aliphatic carbocycles. The summed E-state index contributed by atoms with van der Waals surface area (Å²) in [6.07, 6.45) is 2.49. The van der Waals surface area contributed by atoms with E-state index in [1.54, 1.807) is 11.4 Å². The summed E-state index contributed by atoms with van der Waals surface area (Å²) in [5, 5.41) is 10.4. The van der Waals surface area contributed by atoms with Crippen molar-refractivity contribution in [2.24, 2.45) is 11.5 Å². The van der Waals surface area contributed by atoms with Gasteiger partial charge in [-0.3, -0.25) is 14.5 Å². The molecule has 0 bridgehead atoms. The molecule has 0 radical (unpaired) electrons. The maximum absolute atomic E-state index is 11.0. The fraction of sp³-hybridized carbons (Fsp3) is 0.250. The van der Waals surface area contributed by atoms with Gasteiger partial charge in [-0.1, -0.05) is 0 Å². The predicted molar refractivity (Wildman–Crippen MR) is 74.7 cm³/mol. The highest BCUT2D eigenvalue weighted by atomic mass is 32.1. The lowest BCUT2D eigenvalue weighted by Gasteiger charge is -2.18. The molecule has 0 saturated heterocycles.